The minimum Gasteiger partial charge on any atom is -0.373 e. The lowest BCUT2D eigenvalue weighted by molar-refractivity contribution is -0.0362. The van der Waals surface area contributed by atoms with Gasteiger partial charge in [0.15, 0.2) is 0 Å². The Morgan fingerprint density at radius 3 is 3.00 bits per heavy atom. The Morgan fingerprint density at radius 2 is 2.18 bits per heavy atom. The van der Waals surface area contributed by atoms with Crippen LogP contribution in [0.15, 0.2) is 30.3 Å². The van der Waals surface area contributed by atoms with Gasteiger partial charge in [0.25, 0.3) is 0 Å². The minimum absolute atomic E-state index is 0.246. The van der Waals surface area contributed by atoms with Crippen molar-refractivity contribution in [2.24, 2.45) is 0 Å². The standard InChI is InChI=1S/C17H18N4O/c1-20-6-7-22-17-11-21(10-16(17)20)15-8-12(9-18)19-14-5-3-2-4-13(14)15/h2-5,8,16-17H,6-7,10-11H2,1H3. The van der Waals surface area contributed by atoms with Crippen molar-refractivity contribution in [2.45, 2.75) is 12.1 Å². The van der Waals surface area contributed by atoms with Crippen molar-refractivity contribution in [3.05, 3.63) is 36.0 Å². The summed E-state index contributed by atoms with van der Waals surface area (Å²) in [5, 5.41) is 10.3. The maximum atomic E-state index is 9.25. The van der Waals surface area contributed by atoms with Crippen molar-refractivity contribution in [1.82, 2.24) is 9.88 Å². The van der Waals surface area contributed by atoms with E-state index in [0.717, 1.165) is 42.8 Å². The van der Waals surface area contributed by atoms with Crippen LogP contribution in [0, 0.1) is 11.3 Å². The Morgan fingerprint density at radius 1 is 1.32 bits per heavy atom. The van der Waals surface area contributed by atoms with Crippen LogP contribution in [-0.4, -0.2) is 55.3 Å². The van der Waals surface area contributed by atoms with Crippen LogP contribution in [0.2, 0.25) is 0 Å². The minimum atomic E-state index is 0.246. The SMILES string of the molecule is CN1CCOC2CN(c3cc(C#N)nc4ccccc34)CC21. The summed E-state index contributed by atoms with van der Waals surface area (Å²) in [6.07, 6.45) is 0.246. The molecule has 0 aliphatic carbocycles. The topological polar surface area (TPSA) is 52.4 Å². The Hall–Kier alpha value is -2.16. The van der Waals surface area contributed by atoms with Gasteiger partial charge in [0.05, 0.1) is 24.3 Å². The van der Waals surface area contributed by atoms with Crippen LogP contribution in [0.1, 0.15) is 5.69 Å². The molecule has 2 aliphatic heterocycles. The molecule has 2 unspecified atom stereocenters. The van der Waals surface area contributed by atoms with Crippen molar-refractivity contribution in [1.29, 1.82) is 5.26 Å². The molecule has 3 heterocycles. The molecule has 0 saturated carbocycles. The van der Waals surface area contributed by atoms with Crippen LogP contribution in [0.25, 0.3) is 10.9 Å². The quantitative estimate of drug-likeness (QED) is 0.800. The Balaban J connectivity index is 1.77. The van der Waals surface area contributed by atoms with E-state index >= 15 is 0 Å². The van der Waals surface area contributed by atoms with Gasteiger partial charge in [-0.3, -0.25) is 4.90 Å². The van der Waals surface area contributed by atoms with E-state index in [4.69, 9.17) is 4.74 Å². The molecule has 0 bridgehead atoms. The number of benzene rings is 1. The summed E-state index contributed by atoms with van der Waals surface area (Å²) in [5.41, 5.74) is 2.44. The lowest BCUT2D eigenvalue weighted by Crippen LogP contribution is -2.48. The van der Waals surface area contributed by atoms with Crippen molar-refractivity contribution < 1.29 is 4.74 Å². The van der Waals surface area contributed by atoms with Crippen LogP contribution in [0.3, 0.4) is 0 Å². The molecule has 0 amide bonds. The molecule has 0 N–H and O–H groups in total. The van der Waals surface area contributed by atoms with Gasteiger partial charge in [-0.2, -0.15) is 5.26 Å². The van der Waals surface area contributed by atoms with Crippen molar-refractivity contribution >= 4 is 16.6 Å². The fraction of sp³-hybridized carbons (Fsp3) is 0.412. The zero-order chi connectivity index (χ0) is 15.1. The molecule has 5 nitrogen and oxygen atoms in total. The summed E-state index contributed by atoms with van der Waals surface area (Å²) in [4.78, 5) is 9.12. The molecule has 2 aromatic rings. The predicted molar refractivity (Wildman–Crippen MR) is 84.8 cm³/mol. The first-order valence-corrected chi connectivity index (χ1v) is 7.63. The van der Waals surface area contributed by atoms with E-state index in [2.05, 4.69) is 34.0 Å². The molecule has 112 valence electrons. The summed E-state index contributed by atoms with van der Waals surface area (Å²) in [5.74, 6) is 0. The maximum absolute atomic E-state index is 9.25. The third kappa shape index (κ3) is 2.12. The first kappa shape index (κ1) is 13.5. The molecule has 2 saturated heterocycles. The molecule has 1 aromatic carbocycles. The predicted octanol–water partition coefficient (Wildman–Crippen LogP) is 1.63. The van der Waals surface area contributed by atoms with Gasteiger partial charge in [-0.05, 0) is 19.2 Å². The third-order valence-corrected chi connectivity index (χ3v) is 4.73. The van der Waals surface area contributed by atoms with Gasteiger partial charge in [0.1, 0.15) is 11.8 Å². The number of aromatic nitrogens is 1. The number of rotatable bonds is 1. The lowest BCUT2D eigenvalue weighted by atomic mass is 10.1. The summed E-state index contributed by atoms with van der Waals surface area (Å²) < 4.78 is 5.93. The van der Waals surface area contributed by atoms with Crippen molar-refractivity contribution in [2.75, 3.05) is 38.2 Å². The zero-order valence-corrected chi connectivity index (χ0v) is 12.6. The molecule has 22 heavy (non-hydrogen) atoms. The van der Waals surface area contributed by atoms with Gasteiger partial charge in [-0.15, -0.1) is 0 Å². The fourth-order valence-corrected chi connectivity index (χ4v) is 3.53. The number of ether oxygens (including phenoxy) is 1. The lowest BCUT2D eigenvalue weighted by Gasteiger charge is -2.33. The second-order valence-electron chi connectivity index (χ2n) is 6.02. The number of morpholine rings is 1. The van der Waals surface area contributed by atoms with Crippen molar-refractivity contribution in [3.63, 3.8) is 0 Å². The van der Waals surface area contributed by atoms with Gasteiger partial charge >= 0.3 is 0 Å². The van der Waals surface area contributed by atoms with Crippen LogP contribution >= 0.6 is 0 Å². The summed E-state index contributed by atoms with van der Waals surface area (Å²) in [6, 6.07) is 12.5. The van der Waals surface area contributed by atoms with E-state index in [1.165, 1.54) is 0 Å². The number of hydrogen-bond donors (Lipinski definition) is 0. The second kappa shape index (κ2) is 5.24. The molecule has 0 radical (unpaired) electrons. The van der Waals surface area contributed by atoms with Crippen LogP contribution in [0.4, 0.5) is 5.69 Å². The van der Waals surface area contributed by atoms with Gasteiger partial charge in [0, 0.05) is 30.7 Å². The number of likely N-dealkylation sites (N-methyl/N-ethyl adjacent to an activating group) is 1. The highest BCUT2D eigenvalue weighted by Gasteiger charge is 2.39. The van der Waals surface area contributed by atoms with Crippen LogP contribution in [0.5, 0.6) is 0 Å². The molecule has 5 heteroatoms. The first-order chi connectivity index (χ1) is 10.8. The Bertz CT molecular complexity index is 754. The van der Waals surface area contributed by atoms with E-state index in [0.29, 0.717) is 11.7 Å². The average molecular weight is 294 g/mol. The molecule has 0 spiro atoms. The monoisotopic (exact) mass is 294 g/mol. The number of anilines is 1. The van der Waals surface area contributed by atoms with E-state index in [9.17, 15) is 5.26 Å². The van der Waals surface area contributed by atoms with E-state index < -0.39 is 0 Å². The van der Waals surface area contributed by atoms with Crippen LogP contribution < -0.4 is 4.90 Å². The van der Waals surface area contributed by atoms with Gasteiger partial charge in [-0.1, -0.05) is 18.2 Å². The summed E-state index contributed by atoms with van der Waals surface area (Å²) >= 11 is 0. The third-order valence-electron chi connectivity index (χ3n) is 4.73. The highest BCUT2D eigenvalue weighted by Crippen LogP contribution is 2.32. The summed E-state index contributed by atoms with van der Waals surface area (Å²) in [6.45, 7) is 3.58. The highest BCUT2D eigenvalue weighted by atomic mass is 16.5. The molecule has 2 fully saturated rings. The normalized spacial score (nSPS) is 25.2. The molecule has 1 aromatic heterocycles. The number of pyridine rings is 1. The van der Waals surface area contributed by atoms with E-state index in [-0.39, 0.29) is 6.10 Å². The fourth-order valence-electron chi connectivity index (χ4n) is 3.53. The highest BCUT2D eigenvalue weighted by molar-refractivity contribution is 5.92. The van der Waals surface area contributed by atoms with Crippen molar-refractivity contribution in [3.8, 4) is 6.07 Å². The first-order valence-electron chi connectivity index (χ1n) is 7.63. The average Bonchev–Trinajstić information content (AvgIpc) is 2.99. The molecular weight excluding hydrogens is 276 g/mol. The van der Waals surface area contributed by atoms with E-state index in [1.807, 2.05) is 24.3 Å². The van der Waals surface area contributed by atoms with Gasteiger partial charge in [0.2, 0.25) is 0 Å². The Labute approximate surface area is 129 Å². The Kier molecular flexibility index (Phi) is 3.21. The second-order valence-corrected chi connectivity index (χ2v) is 6.02. The van der Waals surface area contributed by atoms with E-state index in [1.54, 1.807) is 0 Å². The van der Waals surface area contributed by atoms with Crippen LogP contribution in [-0.2, 0) is 4.74 Å². The maximum Gasteiger partial charge on any atom is 0.143 e. The molecule has 2 atom stereocenters. The number of nitriles is 1. The number of fused-ring (bicyclic) bond motifs is 2. The molecule has 4 rings (SSSR count). The number of hydrogen-bond acceptors (Lipinski definition) is 5. The number of para-hydroxylation sites is 1. The van der Waals surface area contributed by atoms with Gasteiger partial charge in [-0.25, -0.2) is 4.98 Å². The molecule has 2 aliphatic rings. The number of nitrogens with zero attached hydrogens (tertiary/aromatic N) is 4. The molecular formula is C17H18N4O. The summed E-state index contributed by atoms with van der Waals surface area (Å²) in [7, 11) is 2.16. The van der Waals surface area contributed by atoms with Gasteiger partial charge < -0.3 is 9.64 Å². The smallest absolute Gasteiger partial charge is 0.143 e. The largest absolute Gasteiger partial charge is 0.373 e. The zero-order valence-electron chi connectivity index (χ0n) is 12.6.